The fraction of sp³-hybridized carbons (Fsp3) is 0.0201. The molecule has 0 amide bonds. The summed E-state index contributed by atoms with van der Waals surface area (Å²) in [6.45, 7) is 4.72. The first-order valence-electron chi connectivity index (χ1n) is 51.9. The summed E-state index contributed by atoms with van der Waals surface area (Å²) in [5.74, 6) is 0. The predicted molar refractivity (Wildman–Crippen MR) is 640 cm³/mol. The minimum atomic E-state index is -0.0513. The molecule has 0 atom stereocenters. The van der Waals surface area contributed by atoms with Crippen LogP contribution < -0.4 is 0 Å². The molecule has 0 heteroatoms. The Morgan fingerprint density at radius 3 is 0.705 bits per heavy atom. The molecule has 149 heavy (non-hydrogen) atoms. The quantitative estimate of drug-likeness (QED) is 0.0797. The van der Waals surface area contributed by atoms with Gasteiger partial charge in [-0.15, -0.1) is 0 Å². The van der Waals surface area contributed by atoms with Crippen LogP contribution in [-0.2, 0) is 5.41 Å². The van der Waals surface area contributed by atoms with Gasteiger partial charge in [-0.25, -0.2) is 0 Å². The van der Waals surface area contributed by atoms with Crippen LogP contribution in [0.5, 0.6) is 0 Å². The van der Waals surface area contributed by atoms with Crippen LogP contribution in [0.15, 0.2) is 570 Å². The molecule has 0 bridgehead atoms. The summed E-state index contributed by atoms with van der Waals surface area (Å²) in [4.78, 5) is 0. The molecule has 0 unspecified atom stereocenters. The number of rotatable bonds is 13. The van der Waals surface area contributed by atoms with E-state index in [1.807, 2.05) is 0 Å². The highest BCUT2D eigenvalue weighted by molar-refractivity contribution is 6.27. The molecular weight excluding hydrogens is 1790 g/mol. The van der Waals surface area contributed by atoms with Gasteiger partial charge in [-0.05, 0) is 334 Å². The summed E-state index contributed by atoms with van der Waals surface area (Å²) in [7, 11) is 0. The van der Waals surface area contributed by atoms with Crippen molar-refractivity contribution in [3.05, 3.63) is 581 Å². The molecule has 29 rings (SSSR count). The topological polar surface area (TPSA) is 0 Å². The van der Waals surface area contributed by atoms with Gasteiger partial charge in [0.05, 0.1) is 0 Å². The Labute approximate surface area is 868 Å². The summed E-state index contributed by atoms with van der Waals surface area (Å²) in [5, 5.41) is 27.8. The Morgan fingerprint density at radius 1 is 0.101 bits per heavy atom. The zero-order valence-corrected chi connectivity index (χ0v) is 82.8. The summed E-state index contributed by atoms with van der Waals surface area (Å²) in [5.41, 5.74) is 37.7. The van der Waals surface area contributed by atoms with Crippen molar-refractivity contribution in [2.24, 2.45) is 0 Å². The summed E-state index contributed by atoms with van der Waals surface area (Å²) in [6, 6.07) is 210. The molecule has 28 aromatic rings. The Hall–Kier alpha value is -19.0. The van der Waals surface area contributed by atoms with Gasteiger partial charge in [0, 0.05) is 5.41 Å². The SMILES string of the molecule is CC1(C)c2ccccc2-c2ccc(-c3ccc4c(-c5ccc(-c6ccccc6)cc5)c5ccccc5c(-c5ccc6ccccc6c5)c4c3)cc21.c1ccc(-c2ccc(-c3c4ccccc4c(-c4ccc5ccccc5c4)c4cc(-c5cc6ccccc6c6ccccc56)ccc34)cc2)cc1.c1ccc(-c2ccc(-c3ccc4c(-c5ccc(-c6ccccc6)cc5)c5ccccc5c(-c5ccc6ccccc6c5)c4c3)cc2)cc1. The number of hydrogen-bond donors (Lipinski definition) is 0. The molecule has 0 fully saturated rings. The van der Waals surface area contributed by atoms with Gasteiger partial charge in [-0.3, -0.25) is 0 Å². The molecule has 0 aromatic heterocycles. The van der Waals surface area contributed by atoms with E-state index in [-0.39, 0.29) is 5.41 Å². The highest BCUT2D eigenvalue weighted by atomic mass is 14.4. The van der Waals surface area contributed by atoms with E-state index < -0.39 is 0 Å². The van der Waals surface area contributed by atoms with E-state index in [0.717, 1.165) is 0 Å². The second-order valence-electron chi connectivity index (χ2n) is 40.2. The van der Waals surface area contributed by atoms with Gasteiger partial charge in [0.25, 0.3) is 0 Å². The van der Waals surface area contributed by atoms with Crippen molar-refractivity contribution >= 4 is 118 Å². The monoisotopic (exact) mass is 1890 g/mol. The van der Waals surface area contributed by atoms with Gasteiger partial charge in [0.15, 0.2) is 0 Å². The first-order valence-corrected chi connectivity index (χ1v) is 51.9. The van der Waals surface area contributed by atoms with Gasteiger partial charge < -0.3 is 0 Å². The van der Waals surface area contributed by atoms with Crippen molar-refractivity contribution in [1.82, 2.24) is 0 Å². The van der Waals surface area contributed by atoms with Crippen LogP contribution in [0.25, 0.3) is 274 Å². The molecule has 1 aliphatic rings. The molecule has 0 radical (unpaired) electrons. The zero-order chi connectivity index (χ0) is 99.0. The van der Waals surface area contributed by atoms with Gasteiger partial charge in [-0.2, -0.15) is 0 Å². The molecule has 1 aliphatic carbocycles. The van der Waals surface area contributed by atoms with E-state index in [9.17, 15) is 0 Å². The van der Waals surface area contributed by atoms with Crippen molar-refractivity contribution in [2.75, 3.05) is 0 Å². The van der Waals surface area contributed by atoms with Crippen LogP contribution in [0.4, 0.5) is 0 Å². The molecule has 696 valence electrons. The third-order valence-corrected chi connectivity index (χ3v) is 31.3. The van der Waals surface area contributed by atoms with Crippen molar-refractivity contribution in [1.29, 1.82) is 0 Å². The van der Waals surface area contributed by atoms with Crippen molar-refractivity contribution in [3.63, 3.8) is 0 Å². The zero-order valence-electron chi connectivity index (χ0n) is 82.8. The fourth-order valence-electron chi connectivity index (χ4n) is 24.0. The normalized spacial score (nSPS) is 12.0. The average Bonchev–Trinajstić information content (AvgIpc) is 1.65. The molecule has 0 saturated heterocycles. The van der Waals surface area contributed by atoms with Gasteiger partial charge in [0.1, 0.15) is 0 Å². The lowest BCUT2D eigenvalue weighted by Gasteiger charge is -2.22. The van der Waals surface area contributed by atoms with E-state index in [2.05, 4.69) is 584 Å². The van der Waals surface area contributed by atoms with E-state index in [0.29, 0.717) is 0 Å². The molecule has 0 spiro atoms. The number of fused-ring (bicyclic) bond motifs is 15. The van der Waals surface area contributed by atoms with Crippen molar-refractivity contribution in [2.45, 2.75) is 19.3 Å². The highest BCUT2D eigenvalue weighted by Gasteiger charge is 2.36. The minimum absolute atomic E-state index is 0.0513. The van der Waals surface area contributed by atoms with E-state index in [1.54, 1.807) is 0 Å². The van der Waals surface area contributed by atoms with Crippen LogP contribution in [0, 0.1) is 0 Å². The van der Waals surface area contributed by atoms with E-state index >= 15 is 0 Å². The predicted octanol–water partition coefficient (Wildman–Crippen LogP) is 41.7. The van der Waals surface area contributed by atoms with Gasteiger partial charge in [-0.1, -0.05) is 536 Å². The first-order chi connectivity index (χ1) is 73.6. The Balaban J connectivity index is 0.000000110. The van der Waals surface area contributed by atoms with E-state index in [4.69, 9.17) is 0 Å². The van der Waals surface area contributed by atoms with Crippen LogP contribution >= 0.6 is 0 Å². The molecule has 28 aromatic carbocycles. The Kier molecular flexibility index (Phi) is 22.5. The lowest BCUT2D eigenvalue weighted by atomic mass is 9.81. The third kappa shape index (κ3) is 16.1. The second kappa shape index (κ2) is 37.6. The van der Waals surface area contributed by atoms with E-state index in [1.165, 1.54) is 285 Å². The van der Waals surface area contributed by atoms with Gasteiger partial charge in [0.2, 0.25) is 0 Å². The molecule has 0 nitrogen and oxygen atoms in total. The Bertz CT molecular complexity index is 10100. The maximum Gasteiger partial charge on any atom is 0.0159 e. The molecule has 0 heterocycles. The standard InChI is InChI=1S/C51H36.C50H32.C48H32/c1-51(2)47-19-11-10-16-41(47)42-28-26-39(32-48(42)51)38-27-29-45-46(31-38)50(40-25-22-34-14-6-7-15-37(34)30-40)44-18-9-8-17-43(44)49(45)36-23-20-35(21-24-36)33-12-4-3-5-13-33;1-2-12-33(13-3-1)35-22-25-36(26-23-35)49-44-20-10-11-21-45(44)50(40-27-24-34-14-4-5-15-37(34)30-40)48-32-39(28-29-46(48)49)47-31-38-16-6-7-17-41(38)42-18-8-9-19-43(42)47;1-3-11-33(12-4-1)36-19-21-38(22-20-36)41-29-30-45-46(32-41)48(42-28-25-35-15-7-8-16-40(35)31-42)44-18-10-9-17-43(44)47(45)39-26-23-37(24-27-39)34-13-5-2-6-14-34/h3-32H,1-2H3;1-32H;1-32H. The highest BCUT2D eigenvalue weighted by Crippen LogP contribution is 2.54. The molecule has 0 N–H and O–H groups in total. The molecule has 0 aliphatic heterocycles. The third-order valence-electron chi connectivity index (χ3n) is 31.3. The summed E-state index contributed by atoms with van der Waals surface area (Å²) < 4.78 is 0. The van der Waals surface area contributed by atoms with Crippen molar-refractivity contribution in [3.8, 4) is 156 Å². The lowest BCUT2D eigenvalue weighted by molar-refractivity contribution is 0.660. The summed E-state index contributed by atoms with van der Waals surface area (Å²) in [6.07, 6.45) is 0. The fourth-order valence-corrected chi connectivity index (χ4v) is 24.0. The minimum Gasteiger partial charge on any atom is -0.0622 e. The first kappa shape index (κ1) is 88.9. The largest absolute Gasteiger partial charge is 0.0622 e. The smallest absolute Gasteiger partial charge is 0.0159 e. The molecular formula is C149H100. The maximum absolute atomic E-state index is 2.45. The average molecular weight is 1890 g/mol. The maximum atomic E-state index is 2.45. The number of hydrogen-bond acceptors (Lipinski definition) is 0. The lowest BCUT2D eigenvalue weighted by Crippen LogP contribution is -2.14. The Morgan fingerprint density at radius 2 is 0.329 bits per heavy atom. The summed E-state index contributed by atoms with van der Waals surface area (Å²) >= 11 is 0. The van der Waals surface area contributed by atoms with Crippen LogP contribution in [0.3, 0.4) is 0 Å². The van der Waals surface area contributed by atoms with Crippen LogP contribution in [0.1, 0.15) is 25.0 Å². The number of benzene rings is 28. The van der Waals surface area contributed by atoms with Crippen LogP contribution in [0.2, 0.25) is 0 Å². The van der Waals surface area contributed by atoms with Gasteiger partial charge >= 0.3 is 0 Å². The van der Waals surface area contributed by atoms with Crippen LogP contribution in [-0.4, -0.2) is 0 Å². The molecule has 0 saturated carbocycles. The second-order valence-corrected chi connectivity index (χ2v) is 40.2. The van der Waals surface area contributed by atoms with Crippen molar-refractivity contribution < 1.29 is 0 Å².